The summed E-state index contributed by atoms with van der Waals surface area (Å²) in [6.45, 7) is 2.53. The minimum atomic E-state index is -1.43. The molecule has 126 valence electrons. The molecule has 2 rings (SSSR count). The topological polar surface area (TPSA) is 125 Å². The molecule has 1 saturated carbocycles. The van der Waals surface area contributed by atoms with E-state index in [9.17, 15) is 24.9 Å². The second kappa shape index (κ2) is 6.21. The Morgan fingerprint density at radius 1 is 1.23 bits per heavy atom. The molecule has 0 aromatic carbocycles. The van der Waals surface area contributed by atoms with Crippen LogP contribution in [0.5, 0.6) is 0 Å². The molecule has 0 radical (unpaired) electrons. The molecule has 22 heavy (non-hydrogen) atoms. The van der Waals surface area contributed by atoms with Gasteiger partial charge in [-0.05, 0) is 19.8 Å². The summed E-state index contributed by atoms with van der Waals surface area (Å²) in [5.41, 5.74) is -2.77. The number of hydrogen-bond donors (Lipinski definition) is 4. The maximum atomic E-state index is 11.4. The highest BCUT2D eigenvalue weighted by Gasteiger charge is 2.85. The number of Topliss-reactive ketones (excluding diaryl/α,β-unsaturated/α-hetero) is 1. The average molecular weight is 317 g/mol. The lowest BCUT2D eigenvalue weighted by Gasteiger charge is -2.73. The van der Waals surface area contributed by atoms with E-state index in [1.54, 1.807) is 0 Å². The summed E-state index contributed by atoms with van der Waals surface area (Å²) < 4.78 is 10.9. The molecule has 1 amide bonds. The van der Waals surface area contributed by atoms with E-state index in [0.717, 1.165) is 0 Å². The van der Waals surface area contributed by atoms with E-state index < -0.39 is 42.2 Å². The number of rotatable bonds is 8. The van der Waals surface area contributed by atoms with Crippen LogP contribution in [-0.2, 0) is 19.1 Å². The van der Waals surface area contributed by atoms with Crippen LogP contribution in [0.2, 0.25) is 0 Å². The van der Waals surface area contributed by atoms with Gasteiger partial charge >= 0.3 is 0 Å². The number of hydrogen-bond acceptors (Lipinski definition) is 7. The maximum Gasteiger partial charge on any atom is 0.217 e. The van der Waals surface area contributed by atoms with E-state index >= 15 is 0 Å². The van der Waals surface area contributed by atoms with Crippen LogP contribution in [0.3, 0.4) is 0 Å². The van der Waals surface area contributed by atoms with Gasteiger partial charge in [0.1, 0.15) is 18.0 Å². The molecule has 2 aliphatic rings. The second-order valence-electron chi connectivity index (χ2n) is 5.97. The molecule has 1 saturated heterocycles. The minimum absolute atomic E-state index is 0.103. The van der Waals surface area contributed by atoms with Gasteiger partial charge in [0.05, 0.1) is 6.61 Å². The SMILES string of the molecule is CC(=O)CCCCO[C@@H]1OC2(CO)[C@H](O)C(O)C12NC(C)=O. The Balaban J connectivity index is 1.95. The van der Waals surface area contributed by atoms with E-state index in [2.05, 4.69) is 5.32 Å². The highest BCUT2D eigenvalue weighted by molar-refractivity contribution is 5.75. The molecular weight excluding hydrogens is 294 g/mol. The normalized spacial score (nSPS) is 39.4. The highest BCUT2D eigenvalue weighted by atomic mass is 16.7. The summed E-state index contributed by atoms with van der Waals surface area (Å²) in [6, 6.07) is 0. The van der Waals surface area contributed by atoms with Crippen LogP contribution in [-0.4, -0.2) is 69.9 Å². The summed E-state index contributed by atoms with van der Waals surface area (Å²) >= 11 is 0. The van der Waals surface area contributed by atoms with Gasteiger partial charge in [-0.1, -0.05) is 0 Å². The first-order valence-electron chi connectivity index (χ1n) is 7.36. The summed E-state index contributed by atoms with van der Waals surface area (Å²) in [7, 11) is 0. The molecule has 1 aliphatic heterocycles. The fourth-order valence-corrected chi connectivity index (χ4v) is 3.26. The maximum absolute atomic E-state index is 11.4. The number of carbonyl (C=O) groups is 2. The van der Waals surface area contributed by atoms with Gasteiger partial charge in [0.15, 0.2) is 17.4 Å². The van der Waals surface area contributed by atoms with E-state index in [1.807, 2.05) is 0 Å². The number of ketones is 1. The van der Waals surface area contributed by atoms with Crippen molar-refractivity contribution < 1.29 is 34.4 Å². The minimum Gasteiger partial charge on any atom is -0.393 e. The number of unbranched alkanes of at least 4 members (excludes halogenated alkanes) is 1. The van der Waals surface area contributed by atoms with Gasteiger partial charge in [-0.15, -0.1) is 0 Å². The number of aliphatic hydroxyl groups is 3. The summed E-state index contributed by atoms with van der Waals surface area (Å²) in [5.74, 6) is -0.316. The van der Waals surface area contributed by atoms with Crippen LogP contribution in [0.4, 0.5) is 0 Å². The van der Waals surface area contributed by atoms with Gasteiger partial charge < -0.3 is 34.9 Å². The van der Waals surface area contributed by atoms with Crippen LogP contribution in [0.15, 0.2) is 0 Å². The van der Waals surface area contributed by atoms with Crippen molar-refractivity contribution >= 4 is 11.7 Å². The lowest BCUT2D eigenvalue weighted by atomic mass is 9.53. The van der Waals surface area contributed by atoms with Gasteiger partial charge in [0.2, 0.25) is 5.91 Å². The first-order valence-corrected chi connectivity index (χ1v) is 7.36. The summed E-state index contributed by atoms with van der Waals surface area (Å²) in [6.07, 6.45) is -1.75. The lowest BCUT2D eigenvalue weighted by molar-refractivity contribution is -0.475. The fourth-order valence-electron chi connectivity index (χ4n) is 3.26. The van der Waals surface area contributed by atoms with Crippen LogP contribution >= 0.6 is 0 Å². The third-order valence-corrected chi connectivity index (χ3v) is 4.44. The first-order chi connectivity index (χ1) is 10.3. The third kappa shape index (κ3) is 2.35. The number of nitrogens with one attached hydrogen (secondary N) is 1. The fraction of sp³-hybridized carbons (Fsp3) is 0.857. The van der Waals surface area contributed by atoms with Crippen molar-refractivity contribution in [1.29, 1.82) is 0 Å². The van der Waals surface area contributed by atoms with Crippen LogP contribution in [0, 0.1) is 0 Å². The molecule has 1 heterocycles. The smallest absolute Gasteiger partial charge is 0.217 e. The van der Waals surface area contributed by atoms with Crippen molar-refractivity contribution in [3.63, 3.8) is 0 Å². The molecule has 8 heteroatoms. The number of ether oxygens (including phenoxy) is 2. The Morgan fingerprint density at radius 2 is 1.91 bits per heavy atom. The molecule has 2 fully saturated rings. The quantitative estimate of drug-likeness (QED) is 0.400. The van der Waals surface area contributed by atoms with Gasteiger partial charge in [-0.3, -0.25) is 4.79 Å². The predicted octanol–water partition coefficient (Wildman–Crippen LogP) is -1.54. The van der Waals surface area contributed by atoms with E-state index in [4.69, 9.17) is 9.47 Å². The molecule has 8 nitrogen and oxygen atoms in total. The van der Waals surface area contributed by atoms with Gasteiger partial charge in [-0.25, -0.2) is 0 Å². The van der Waals surface area contributed by atoms with Gasteiger partial charge in [-0.2, -0.15) is 0 Å². The van der Waals surface area contributed by atoms with Crippen molar-refractivity contribution in [3.05, 3.63) is 0 Å². The number of amides is 1. The Morgan fingerprint density at radius 3 is 2.45 bits per heavy atom. The standard InChI is InChI=1S/C14H23NO7/c1-8(17)5-3-4-6-21-12-14(15-9(2)18)11(20)10(19)13(14,7-16)22-12/h10-12,16,19-20H,3-7H2,1-2H3,(H,15,18)/t10-,11?,12-,13?,14?/m1/s1. The lowest BCUT2D eigenvalue weighted by Crippen LogP contribution is -3.00. The molecule has 4 N–H and O–H groups in total. The number of aliphatic hydroxyl groups excluding tert-OH is 3. The zero-order chi connectivity index (χ0) is 16.5. The monoisotopic (exact) mass is 317 g/mol. The van der Waals surface area contributed by atoms with Crippen LogP contribution in [0.25, 0.3) is 0 Å². The second-order valence-corrected chi connectivity index (χ2v) is 5.97. The van der Waals surface area contributed by atoms with Crippen LogP contribution in [0.1, 0.15) is 33.1 Å². The predicted molar refractivity (Wildman–Crippen MR) is 73.7 cm³/mol. The van der Waals surface area contributed by atoms with Crippen molar-refractivity contribution in [3.8, 4) is 0 Å². The van der Waals surface area contributed by atoms with Crippen molar-refractivity contribution in [2.24, 2.45) is 0 Å². The zero-order valence-corrected chi connectivity index (χ0v) is 12.7. The molecule has 3 unspecified atom stereocenters. The summed E-state index contributed by atoms with van der Waals surface area (Å²) in [4.78, 5) is 22.2. The Hall–Kier alpha value is -1.06. The third-order valence-electron chi connectivity index (χ3n) is 4.44. The van der Waals surface area contributed by atoms with E-state index in [1.165, 1.54) is 13.8 Å². The largest absolute Gasteiger partial charge is 0.393 e. The van der Waals surface area contributed by atoms with Crippen LogP contribution < -0.4 is 5.32 Å². The Bertz CT molecular complexity index is 456. The highest BCUT2D eigenvalue weighted by Crippen LogP contribution is 2.57. The molecule has 0 aromatic heterocycles. The van der Waals surface area contributed by atoms with E-state index in [-0.39, 0.29) is 12.4 Å². The molecule has 1 aliphatic carbocycles. The number of carbonyl (C=O) groups excluding carboxylic acids is 2. The van der Waals surface area contributed by atoms with Gasteiger partial charge in [0, 0.05) is 20.0 Å². The molecule has 0 aromatic rings. The Labute approximate surface area is 128 Å². The molecule has 0 bridgehead atoms. The number of fused-ring (bicyclic) bond motifs is 1. The van der Waals surface area contributed by atoms with Crippen molar-refractivity contribution in [1.82, 2.24) is 5.32 Å². The van der Waals surface area contributed by atoms with Gasteiger partial charge in [0.25, 0.3) is 0 Å². The van der Waals surface area contributed by atoms with Crippen molar-refractivity contribution in [2.75, 3.05) is 13.2 Å². The average Bonchev–Trinajstić information content (AvgIpc) is 2.45. The zero-order valence-electron chi connectivity index (χ0n) is 12.7. The Kier molecular flexibility index (Phi) is 4.88. The van der Waals surface area contributed by atoms with Crippen molar-refractivity contribution in [2.45, 2.75) is 62.7 Å². The summed E-state index contributed by atoms with van der Waals surface area (Å²) in [5, 5.41) is 32.0. The molecular formula is C14H23NO7. The molecule has 5 atom stereocenters. The first kappa shape index (κ1) is 17.3. The molecule has 0 spiro atoms. The van der Waals surface area contributed by atoms with E-state index in [0.29, 0.717) is 19.3 Å².